The first-order valence-electron chi connectivity index (χ1n) is 6.06. The van der Waals surface area contributed by atoms with Crippen molar-refractivity contribution >= 4 is 28.1 Å². The molecule has 0 amide bonds. The Morgan fingerprint density at radius 3 is 2.90 bits per heavy atom. The van der Waals surface area contributed by atoms with Gasteiger partial charge in [-0.05, 0) is 11.6 Å². The molecule has 0 radical (unpaired) electrons. The fraction of sp³-hybridized carbons (Fsp3) is 0.154. The van der Waals surface area contributed by atoms with Crippen LogP contribution in [-0.2, 0) is 12.8 Å². The van der Waals surface area contributed by atoms with Gasteiger partial charge in [-0.1, -0.05) is 28.9 Å². The van der Waals surface area contributed by atoms with E-state index in [1.165, 1.54) is 17.4 Å². The average Bonchev–Trinajstić information content (AvgIpc) is 3.05. The van der Waals surface area contributed by atoms with E-state index in [0.717, 1.165) is 5.69 Å². The van der Waals surface area contributed by atoms with Gasteiger partial charge >= 0.3 is 0 Å². The van der Waals surface area contributed by atoms with Crippen molar-refractivity contribution in [1.82, 2.24) is 15.1 Å². The summed E-state index contributed by atoms with van der Waals surface area (Å²) in [5, 5.41) is 6.23. The molecule has 21 heavy (non-hydrogen) atoms. The van der Waals surface area contributed by atoms with Crippen LogP contribution in [0.25, 0.3) is 0 Å². The van der Waals surface area contributed by atoms with Crippen LogP contribution in [0.4, 0.5) is 9.52 Å². The number of thiazole rings is 1. The van der Waals surface area contributed by atoms with E-state index < -0.39 is 5.82 Å². The van der Waals surface area contributed by atoms with Crippen molar-refractivity contribution in [3.63, 3.8) is 0 Å². The second-order valence-corrected chi connectivity index (χ2v) is 5.64. The molecule has 0 spiro atoms. The highest BCUT2D eigenvalue weighted by molar-refractivity contribution is 7.13. The Morgan fingerprint density at radius 1 is 1.29 bits per heavy atom. The zero-order valence-corrected chi connectivity index (χ0v) is 12.3. The number of nitrogen functional groups attached to an aromatic ring is 1. The second-order valence-electron chi connectivity index (χ2n) is 4.35. The molecule has 0 bridgehead atoms. The van der Waals surface area contributed by atoms with Crippen LogP contribution in [0, 0.1) is 5.82 Å². The molecule has 2 aromatic heterocycles. The first kappa shape index (κ1) is 14.0. The highest BCUT2D eigenvalue weighted by atomic mass is 35.5. The minimum Gasteiger partial charge on any atom is -0.375 e. The predicted octanol–water partition coefficient (Wildman–Crippen LogP) is 3.08. The maximum absolute atomic E-state index is 13.8. The Balaban J connectivity index is 1.74. The Labute approximate surface area is 128 Å². The number of anilines is 1. The molecule has 0 saturated carbocycles. The molecule has 2 heterocycles. The lowest BCUT2D eigenvalue weighted by molar-refractivity contribution is 0.379. The van der Waals surface area contributed by atoms with E-state index in [0.29, 0.717) is 28.8 Å². The number of nitrogens with two attached hydrogens (primary N) is 1. The molecule has 2 N–H and O–H groups in total. The van der Waals surface area contributed by atoms with Gasteiger partial charge in [0.25, 0.3) is 0 Å². The predicted molar refractivity (Wildman–Crippen MR) is 77.8 cm³/mol. The second kappa shape index (κ2) is 5.79. The molecule has 8 heteroatoms. The standard InChI is InChI=1S/C13H10ClFN4OS/c14-9-3-1-2-7(12(9)15)4-10-18-11(20-19-10)5-8-6-21-13(16)17-8/h1-3,6H,4-5H2,(H2,16,17). The van der Waals surface area contributed by atoms with Crippen LogP contribution in [0.5, 0.6) is 0 Å². The van der Waals surface area contributed by atoms with Crippen LogP contribution >= 0.6 is 22.9 Å². The van der Waals surface area contributed by atoms with Gasteiger partial charge in [0.2, 0.25) is 5.89 Å². The van der Waals surface area contributed by atoms with Crippen LogP contribution in [0.2, 0.25) is 5.02 Å². The maximum Gasteiger partial charge on any atom is 0.232 e. The summed E-state index contributed by atoms with van der Waals surface area (Å²) < 4.78 is 18.9. The quantitative estimate of drug-likeness (QED) is 0.798. The van der Waals surface area contributed by atoms with E-state index in [2.05, 4.69) is 15.1 Å². The molecular formula is C13H10ClFN4OS. The topological polar surface area (TPSA) is 77.8 Å². The number of aromatic nitrogens is 3. The van der Waals surface area contributed by atoms with Crippen molar-refractivity contribution in [3.8, 4) is 0 Å². The molecule has 0 aliphatic rings. The highest BCUT2D eigenvalue weighted by Gasteiger charge is 2.13. The van der Waals surface area contributed by atoms with E-state index >= 15 is 0 Å². The number of halogens is 2. The summed E-state index contributed by atoms with van der Waals surface area (Å²) in [5.41, 5.74) is 6.75. The Morgan fingerprint density at radius 2 is 2.14 bits per heavy atom. The van der Waals surface area contributed by atoms with Gasteiger partial charge in [-0.15, -0.1) is 11.3 Å². The summed E-state index contributed by atoms with van der Waals surface area (Å²) in [5.74, 6) is 0.352. The lowest BCUT2D eigenvalue weighted by Crippen LogP contribution is -1.96. The van der Waals surface area contributed by atoms with Crippen LogP contribution in [0.1, 0.15) is 23.0 Å². The smallest absolute Gasteiger partial charge is 0.232 e. The van der Waals surface area contributed by atoms with Crippen LogP contribution in [0.15, 0.2) is 28.1 Å². The zero-order valence-electron chi connectivity index (χ0n) is 10.7. The molecule has 0 saturated heterocycles. The first-order valence-corrected chi connectivity index (χ1v) is 7.32. The van der Waals surface area contributed by atoms with Crippen molar-refractivity contribution < 1.29 is 8.91 Å². The lowest BCUT2D eigenvalue weighted by Gasteiger charge is -2.00. The minimum atomic E-state index is -0.460. The third-order valence-electron chi connectivity index (χ3n) is 2.79. The van der Waals surface area contributed by atoms with Gasteiger partial charge < -0.3 is 10.3 Å². The van der Waals surface area contributed by atoms with Gasteiger partial charge in [-0.2, -0.15) is 4.98 Å². The summed E-state index contributed by atoms with van der Waals surface area (Å²) in [6.45, 7) is 0. The third-order valence-corrected chi connectivity index (χ3v) is 3.81. The van der Waals surface area contributed by atoms with E-state index in [1.807, 2.05) is 5.38 Å². The molecule has 0 atom stereocenters. The Hall–Kier alpha value is -1.99. The number of hydrogen-bond acceptors (Lipinski definition) is 6. The van der Waals surface area contributed by atoms with Crippen molar-refractivity contribution in [2.75, 3.05) is 5.73 Å². The van der Waals surface area contributed by atoms with Crippen LogP contribution in [0.3, 0.4) is 0 Å². The Kier molecular flexibility index (Phi) is 3.85. The number of hydrogen-bond donors (Lipinski definition) is 1. The summed E-state index contributed by atoms with van der Waals surface area (Å²) in [7, 11) is 0. The summed E-state index contributed by atoms with van der Waals surface area (Å²) in [6.07, 6.45) is 0.619. The molecule has 3 aromatic rings. The zero-order chi connectivity index (χ0) is 14.8. The van der Waals surface area contributed by atoms with Crippen LogP contribution in [-0.4, -0.2) is 15.1 Å². The Bertz CT molecular complexity index is 773. The number of nitrogens with zero attached hydrogens (tertiary/aromatic N) is 3. The van der Waals surface area contributed by atoms with Crippen molar-refractivity contribution in [3.05, 3.63) is 57.4 Å². The number of benzene rings is 1. The molecular weight excluding hydrogens is 315 g/mol. The van der Waals surface area contributed by atoms with Crippen molar-refractivity contribution in [2.24, 2.45) is 0 Å². The van der Waals surface area contributed by atoms with Gasteiger partial charge in [-0.25, -0.2) is 9.37 Å². The molecule has 108 valence electrons. The van der Waals surface area contributed by atoms with Gasteiger partial charge in [0.15, 0.2) is 11.0 Å². The van der Waals surface area contributed by atoms with E-state index in [9.17, 15) is 4.39 Å². The van der Waals surface area contributed by atoms with E-state index in [-0.39, 0.29) is 11.4 Å². The summed E-state index contributed by atoms with van der Waals surface area (Å²) >= 11 is 7.09. The molecule has 0 unspecified atom stereocenters. The number of rotatable bonds is 4. The lowest BCUT2D eigenvalue weighted by atomic mass is 10.1. The van der Waals surface area contributed by atoms with Gasteiger partial charge in [-0.3, -0.25) is 0 Å². The normalized spacial score (nSPS) is 11.0. The maximum atomic E-state index is 13.8. The molecule has 0 aliphatic carbocycles. The molecule has 0 aliphatic heterocycles. The summed E-state index contributed by atoms with van der Waals surface area (Å²) in [4.78, 5) is 8.33. The van der Waals surface area contributed by atoms with Gasteiger partial charge in [0.05, 0.1) is 17.1 Å². The molecule has 1 aromatic carbocycles. The summed E-state index contributed by atoms with van der Waals surface area (Å²) in [6, 6.07) is 4.81. The van der Waals surface area contributed by atoms with Crippen molar-refractivity contribution in [1.29, 1.82) is 0 Å². The highest BCUT2D eigenvalue weighted by Crippen LogP contribution is 2.20. The molecule has 5 nitrogen and oxygen atoms in total. The molecule has 3 rings (SSSR count). The van der Waals surface area contributed by atoms with Gasteiger partial charge in [0, 0.05) is 11.8 Å². The van der Waals surface area contributed by atoms with E-state index in [4.69, 9.17) is 21.9 Å². The fourth-order valence-corrected chi connectivity index (χ4v) is 2.60. The van der Waals surface area contributed by atoms with Gasteiger partial charge in [0.1, 0.15) is 5.82 Å². The van der Waals surface area contributed by atoms with Crippen molar-refractivity contribution in [2.45, 2.75) is 12.8 Å². The SMILES string of the molecule is Nc1nc(Cc2nc(Cc3cccc(Cl)c3F)no2)cs1. The monoisotopic (exact) mass is 324 g/mol. The van der Waals surface area contributed by atoms with Crippen LogP contribution < -0.4 is 5.73 Å². The third kappa shape index (κ3) is 3.20. The average molecular weight is 325 g/mol. The minimum absolute atomic E-state index is 0.0779. The largest absolute Gasteiger partial charge is 0.375 e. The molecule has 0 fully saturated rings. The first-order chi connectivity index (χ1) is 10.1. The van der Waals surface area contributed by atoms with E-state index in [1.54, 1.807) is 12.1 Å². The fourth-order valence-electron chi connectivity index (χ4n) is 1.85.